The van der Waals surface area contributed by atoms with Crippen molar-refractivity contribution in [1.29, 1.82) is 0 Å². The van der Waals surface area contributed by atoms with Crippen LogP contribution in [0.5, 0.6) is 0 Å². The van der Waals surface area contributed by atoms with Crippen LogP contribution in [0.25, 0.3) is 44.2 Å². The van der Waals surface area contributed by atoms with E-state index in [9.17, 15) is 0 Å². The van der Waals surface area contributed by atoms with Crippen molar-refractivity contribution in [3.05, 3.63) is 85.5 Å². The quantitative estimate of drug-likeness (QED) is 0.430. The first-order valence-corrected chi connectivity index (χ1v) is 8.07. The van der Waals surface area contributed by atoms with Crippen molar-refractivity contribution in [1.82, 2.24) is 9.97 Å². The van der Waals surface area contributed by atoms with E-state index in [0.29, 0.717) is 0 Å². The van der Waals surface area contributed by atoms with Gasteiger partial charge in [0.05, 0.1) is 0 Å². The molecular formula is C22H13N2O. The molecule has 0 saturated carbocycles. The topological polar surface area (TPSA) is 38.9 Å². The summed E-state index contributed by atoms with van der Waals surface area (Å²) >= 11 is 0. The second kappa shape index (κ2) is 5.56. The van der Waals surface area contributed by atoms with Gasteiger partial charge in [-0.3, -0.25) is 0 Å². The number of hydrogen-bond acceptors (Lipinski definition) is 3. The van der Waals surface area contributed by atoms with Crippen molar-refractivity contribution in [3.8, 4) is 22.3 Å². The zero-order valence-corrected chi connectivity index (χ0v) is 13.3. The fourth-order valence-corrected chi connectivity index (χ4v) is 3.15. The highest BCUT2D eigenvalue weighted by Crippen LogP contribution is 2.34. The van der Waals surface area contributed by atoms with Crippen LogP contribution in [0.3, 0.4) is 0 Å². The van der Waals surface area contributed by atoms with Gasteiger partial charge in [-0.05, 0) is 47.0 Å². The molecule has 0 bridgehead atoms. The molecule has 3 nitrogen and oxygen atoms in total. The highest BCUT2D eigenvalue weighted by atomic mass is 16.3. The molecule has 117 valence electrons. The first kappa shape index (κ1) is 13.9. The molecule has 0 atom stereocenters. The van der Waals surface area contributed by atoms with Crippen LogP contribution in [0, 0.1) is 6.07 Å². The molecule has 0 aliphatic rings. The van der Waals surface area contributed by atoms with Crippen LogP contribution < -0.4 is 0 Å². The molecule has 3 aromatic carbocycles. The normalized spacial score (nSPS) is 11.2. The molecular weight excluding hydrogens is 308 g/mol. The first-order valence-electron chi connectivity index (χ1n) is 8.07. The van der Waals surface area contributed by atoms with Crippen LogP contribution in [0.1, 0.15) is 0 Å². The highest BCUT2D eigenvalue weighted by molar-refractivity contribution is 6.07. The van der Waals surface area contributed by atoms with Crippen LogP contribution in [-0.4, -0.2) is 9.97 Å². The molecule has 1 radical (unpaired) electrons. The Hall–Kier alpha value is -3.46. The Bertz CT molecular complexity index is 1080. The average Bonchev–Trinajstić information content (AvgIpc) is 3.06. The van der Waals surface area contributed by atoms with Crippen molar-refractivity contribution in [2.75, 3.05) is 0 Å². The third-order valence-electron chi connectivity index (χ3n) is 4.38. The van der Waals surface area contributed by atoms with Gasteiger partial charge in [0.2, 0.25) is 0 Å². The van der Waals surface area contributed by atoms with E-state index in [1.54, 1.807) is 0 Å². The van der Waals surface area contributed by atoms with E-state index in [-0.39, 0.29) is 0 Å². The Labute approximate surface area is 144 Å². The largest absolute Gasteiger partial charge is 0.456 e. The molecule has 0 aliphatic heterocycles. The van der Waals surface area contributed by atoms with Crippen LogP contribution in [-0.2, 0) is 0 Å². The first-order chi connectivity index (χ1) is 12.4. The molecule has 5 aromatic rings. The molecule has 0 unspecified atom stereocenters. The Morgan fingerprint density at radius 2 is 1.44 bits per heavy atom. The summed E-state index contributed by atoms with van der Waals surface area (Å²) in [5.74, 6) is 0. The molecule has 0 N–H and O–H groups in total. The minimum atomic E-state index is 0.879. The fraction of sp³-hybridized carbons (Fsp3) is 0. The third-order valence-corrected chi connectivity index (χ3v) is 4.38. The van der Waals surface area contributed by atoms with Gasteiger partial charge in [0.15, 0.2) is 0 Å². The number of nitrogens with zero attached hydrogens (tertiary/aromatic N) is 2. The summed E-state index contributed by atoms with van der Waals surface area (Å²) in [6.07, 6.45) is 5.18. The van der Waals surface area contributed by atoms with Crippen LogP contribution in [0.15, 0.2) is 83.8 Å². The van der Waals surface area contributed by atoms with E-state index in [4.69, 9.17) is 4.42 Å². The van der Waals surface area contributed by atoms with Gasteiger partial charge in [-0.2, -0.15) is 0 Å². The van der Waals surface area contributed by atoms with Gasteiger partial charge in [0.1, 0.15) is 17.5 Å². The van der Waals surface area contributed by atoms with Gasteiger partial charge in [0, 0.05) is 28.7 Å². The molecule has 2 heterocycles. The summed E-state index contributed by atoms with van der Waals surface area (Å²) in [5.41, 5.74) is 6.04. The summed E-state index contributed by atoms with van der Waals surface area (Å²) in [6, 6.07) is 23.7. The summed E-state index contributed by atoms with van der Waals surface area (Å²) < 4.78 is 5.99. The molecule has 0 amide bonds. The monoisotopic (exact) mass is 321 g/mol. The smallest absolute Gasteiger partial charge is 0.135 e. The number of aromatic nitrogens is 2. The van der Waals surface area contributed by atoms with Crippen molar-refractivity contribution >= 4 is 21.9 Å². The molecule has 0 spiro atoms. The lowest BCUT2D eigenvalue weighted by Gasteiger charge is -2.02. The van der Waals surface area contributed by atoms with E-state index in [0.717, 1.165) is 44.2 Å². The molecule has 0 fully saturated rings. The zero-order valence-electron chi connectivity index (χ0n) is 13.3. The van der Waals surface area contributed by atoms with E-state index < -0.39 is 0 Å². The Morgan fingerprint density at radius 3 is 2.16 bits per heavy atom. The summed E-state index contributed by atoms with van der Waals surface area (Å²) in [5, 5.41) is 2.19. The van der Waals surface area contributed by atoms with E-state index >= 15 is 0 Å². The summed E-state index contributed by atoms with van der Waals surface area (Å²) in [7, 11) is 0. The average molecular weight is 321 g/mol. The number of benzene rings is 3. The lowest BCUT2D eigenvalue weighted by Crippen LogP contribution is -1.81. The van der Waals surface area contributed by atoms with Gasteiger partial charge in [0.25, 0.3) is 0 Å². The van der Waals surface area contributed by atoms with Crippen molar-refractivity contribution in [2.45, 2.75) is 0 Å². The lowest BCUT2D eigenvalue weighted by atomic mass is 10.0. The lowest BCUT2D eigenvalue weighted by molar-refractivity contribution is 0.669. The Morgan fingerprint density at radius 1 is 0.720 bits per heavy atom. The number of furan rings is 1. The second-order valence-corrected chi connectivity index (χ2v) is 5.93. The maximum atomic E-state index is 5.99. The maximum absolute atomic E-state index is 5.99. The molecule has 2 aromatic heterocycles. The van der Waals surface area contributed by atoms with Gasteiger partial charge in [-0.1, -0.05) is 36.4 Å². The molecule has 0 saturated heterocycles. The number of hydrogen-bond donors (Lipinski definition) is 0. The van der Waals surface area contributed by atoms with E-state index in [1.165, 1.54) is 6.33 Å². The summed E-state index contributed by atoms with van der Waals surface area (Å²) in [6.45, 7) is 0. The maximum Gasteiger partial charge on any atom is 0.135 e. The SMILES string of the molecule is [c]1ccccc1-c1ccc2oc3ccc(-c4cncnc4)cc3c2c1. The van der Waals surface area contributed by atoms with Gasteiger partial charge in [-0.15, -0.1) is 0 Å². The highest BCUT2D eigenvalue weighted by Gasteiger charge is 2.10. The standard InChI is InChI=1S/C22H13N2O/c1-2-4-15(5-3-1)16-6-8-21-19(10-16)20-11-17(7-9-22(20)25-21)18-12-23-14-24-13-18/h1-4,6-14H. The van der Waals surface area contributed by atoms with Gasteiger partial charge in [-0.25, -0.2) is 9.97 Å². The predicted octanol–water partition coefficient (Wildman–Crippen LogP) is 5.51. The Balaban J connectivity index is 1.73. The fourth-order valence-electron chi connectivity index (χ4n) is 3.15. The third kappa shape index (κ3) is 2.37. The second-order valence-electron chi connectivity index (χ2n) is 5.93. The predicted molar refractivity (Wildman–Crippen MR) is 99.0 cm³/mol. The van der Waals surface area contributed by atoms with Crippen LogP contribution in [0.2, 0.25) is 0 Å². The number of rotatable bonds is 2. The Kier molecular flexibility index (Phi) is 3.10. The van der Waals surface area contributed by atoms with Crippen LogP contribution >= 0.6 is 0 Å². The van der Waals surface area contributed by atoms with Gasteiger partial charge < -0.3 is 4.42 Å². The summed E-state index contributed by atoms with van der Waals surface area (Å²) in [4.78, 5) is 8.21. The minimum absolute atomic E-state index is 0.879. The van der Waals surface area contributed by atoms with Gasteiger partial charge >= 0.3 is 0 Å². The zero-order chi connectivity index (χ0) is 16.6. The van der Waals surface area contributed by atoms with Crippen molar-refractivity contribution in [3.63, 3.8) is 0 Å². The molecule has 0 aliphatic carbocycles. The van der Waals surface area contributed by atoms with E-state index in [1.807, 2.05) is 48.8 Å². The van der Waals surface area contributed by atoms with Crippen LogP contribution in [0.4, 0.5) is 0 Å². The molecule has 25 heavy (non-hydrogen) atoms. The molecule has 3 heteroatoms. The number of fused-ring (bicyclic) bond motifs is 3. The minimum Gasteiger partial charge on any atom is -0.456 e. The molecule has 5 rings (SSSR count). The van der Waals surface area contributed by atoms with Crippen molar-refractivity contribution in [2.24, 2.45) is 0 Å². The van der Waals surface area contributed by atoms with Crippen molar-refractivity contribution < 1.29 is 4.42 Å². The van der Waals surface area contributed by atoms with E-state index in [2.05, 4.69) is 40.3 Å².